The standard InChI is InChI=1S/C30H27F2N3O4/c1-18-5-4-6-19(2)29(18)35-20(17-36)13-27(33-9-11-34(12-10-33)30(37)38)24-15-26(32)23(16-28(24)35)22-8-7-21(39-3)14-25(22)31/h4-8,13-16H,9-12H2,1-3H3,(H,37,38). The number of carbonyl (C=O) groups is 1. The lowest BCUT2D eigenvalue weighted by Gasteiger charge is -2.40. The van der Waals surface area contributed by atoms with Crippen molar-refractivity contribution in [2.24, 2.45) is 0 Å². The van der Waals surface area contributed by atoms with Crippen molar-refractivity contribution in [2.45, 2.75) is 13.8 Å². The van der Waals surface area contributed by atoms with E-state index in [1.807, 2.05) is 42.9 Å². The van der Waals surface area contributed by atoms with E-state index < -0.39 is 17.7 Å². The fraction of sp³-hybridized carbons (Fsp3) is 0.233. The maximum Gasteiger partial charge on any atom is 0.407 e. The normalized spacial score (nSPS) is 15.1. The molecule has 2 aliphatic heterocycles. The van der Waals surface area contributed by atoms with Crippen LogP contribution in [0.25, 0.3) is 16.8 Å². The number of benzene rings is 3. The van der Waals surface area contributed by atoms with Crippen molar-refractivity contribution in [3.63, 3.8) is 0 Å². The molecule has 1 fully saturated rings. The maximum atomic E-state index is 15.8. The Kier molecular flexibility index (Phi) is 6.85. The zero-order valence-corrected chi connectivity index (χ0v) is 21.8. The summed E-state index contributed by atoms with van der Waals surface area (Å²) in [4.78, 5) is 28.8. The van der Waals surface area contributed by atoms with E-state index in [-0.39, 0.29) is 29.9 Å². The monoisotopic (exact) mass is 531 g/mol. The Morgan fingerprint density at radius 2 is 1.59 bits per heavy atom. The SMILES string of the molecule is COc1ccc(-c2cc3c(cc2F)C(N2CCN(C(=O)O)CC2)=CC(=C=O)N3c2c(C)cccc2C)c(F)c1. The number of aryl methyl sites for hydroxylation is 2. The van der Waals surface area contributed by atoms with Crippen LogP contribution in [0.15, 0.2) is 60.3 Å². The molecule has 0 radical (unpaired) electrons. The molecule has 0 spiro atoms. The maximum absolute atomic E-state index is 15.8. The van der Waals surface area contributed by atoms with E-state index >= 15 is 8.78 Å². The predicted octanol–water partition coefficient (Wildman–Crippen LogP) is 5.76. The van der Waals surface area contributed by atoms with Crippen LogP contribution >= 0.6 is 0 Å². The lowest BCUT2D eigenvalue weighted by atomic mass is 9.93. The number of piperazine rings is 1. The topological polar surface area (TPSA) is 73.3 Å². The number of nitrogens with zero attached hydrogens (tertiary/aromatic N) is 3. The first-order valence-electron chi connectivity index (χ1n) is 12.5. The summed E-state index contributed by atoms with van der Waals surface area (Å²) in [7, 11) is 1.42. The van der Waals surface area contributed by atoms with Crippen LogP contribution < -0.4 is 9.64 Å². The Morgan fingerprint density at radius 1 is 0.923 bits per heavy atom. The number of allylic oxidation sites excluding steroid dienone is 1. The summed E-state index contributed by atoms with van der Waals surface area (Å²) in [5.74, 6) is 1.08. The van der Waals surface area contributed by atoms with Crippen LogP contribution in [0.2, 0.25) is 0 Å². The molecule has 200 valence electrons. The molecule has 39 heavy (non-hydrogen) atoms. The van der Waals surface area contributed by atoms with E-state index in [1.54, 1.807) is 23.1 Å². The number of halogens is 2. The average molecular weight is 532 g/mol. The van der Waals surface area contributed by atoms with E-state index in [0.29, 0.717) is 35.8 Å². The van der Waals surface area contributed by atoms with Crippen molar-refractivity contribution in [2.75, 3.05) is 38.2 Å². The Balaban J connectivity index is 1.72. The van der Waals surface area contributed by atoms with Crippen molar-refractivity contribution >= 4 is 29.1 Å². The van der Waals surface area contributed by atoms with Gasteiger partial charge in [-0.1, -0.05) is 18.2 Å². The van der Waals surface area contributed by atoms with Gasteiger partial charge in [-0.15, -0.1) is 0 Å². The van der Waals surface area contributed by atoms with Gasteiger partial charge in [0.15, 0.2) is 5.94 Å². The molecule has 1 N–H and O–H groups in total. The number of hydrogen-bond donors (Lipinski definition) is 1. The predicted molar refractivity (Wildman–Crippen MR) is 145 cm³/mol. The highest BCUT2D eigenvalue weighted by Crippen LogP contribution is 2.46. The van der Waals surface area contributed by atoms with Crippen LogP contribution in [-0.2, 0) is 4.79 Å². The summed E-state index contributed by atoms with van der Waals surface area (Å²) >= 11 is 0. The van der Waals surface area contributed by atoms with Crippen LogP contribution in [0.5, 0.6) is 5.75 Å². The van der Waals surface area contributed by atoms with Gasteiger partial charge in [-0.25, -0.2) is 18.4 Å². The van der Waals surface area contributed by atoms with Gasteiger partial charge in [0.25, 0.3) is 0 Å². The molecule has 5 rings (SSSR count). The lowest BCUT2D eigenvalue weighted by molar-refractivity contribution is 0.122. The van der Waals surface area contributed by atoms with Gasteiger partial charge < -0.3 is 19.6 Å². The fourth-order valence-corrected chi connectivity index (χ4v) is 5.28. The van der Waals surface area contributed by atoms with Crippen molar-refractivity contribution in [1.82, 2.24) is 9.80 Å². The molecule has 0 unspecified atom stereocenters. The van der Waals surface area contributed by atoms with Crippen molar-refractivity contribution < 1.29 is 28.2 Å². The number of hydrogen-bond acceptors (Lipinski definition) is 5. The Hall–Kier alpha value is -4.62. The minimum atomic E-state index is -1.00. The molecule has 0 bridgehead atoms. The van der Waals surface area contributed by atoms with E-state index in [4.69, 9.17) is 4.74 Å². The van der Waals surface area contributed by atoms with Crippen molar-refractivity contribution in [3.8, 4) is 16.9 Å². The fourth-order valence-electron chi connectivity index (χ4n) is 5.28. The number of amides is 1. The Bertz CT molecular complexity index is 1530. The number of methoxy groups -OCH3 is 1. The van der Waals surface area contributed by atoms with Gasteiger partial charge in [-0.05, 0) is 55.3 Å². The number of carboxylic acid groups (broad SMARTS) is 1. The largest absolute Gasteiger partial charge is 0.497 e. The van der Waals surface area contributed by atoms with E-state index in [0.717, 1.165) is 16.8 Å². The van der Waals surface area contributed by atoms with Gasteiger partial charge in [-0.2, -0.15) is 0 Å². The third kappa shape index (κ3) is 4.62. The molecule has 0 saturated carbocycles. The quantitative estimate of drug-likeness (QED) is 0.432. The van der Waals surface area contributed by atoms with Gasteiger partial charge in [0.2, 0.25) is 0 Å². The molecule has 9 heteroatoms. The summed E-state index contributed by atoms with van der Waals surface area (Å²) in [6, 6.07) is 12.9. The number of carbonyl (C=O) groups excluding carboxylic acids is 1. The van der Waals surface area contributed by atoms with Gasteiger partial charge in [0.1, 0.15) is 23.1 Å². The molecule has 2 aliphatic rings. The number of anilines is 2. The van der Waals surface area contributed by atoms with Gasteiger partial charge >= 0.3 is 6.09 Å². The van der Waals surface area contributed by atoms with Crippen molar-refractivity contribution in [1.29, 1.82) is 0 Å². The van der Waals surface area contributed by atoms with Crippen LogP contribution in [0, 0.1) is 25.5 Å². The van der Waals surface area contributed by atoms with Crippen LogP contribution in [0.1, 0.15) is 16.7 Å². The van der Waals surface area contributed by atoms with Gasteiger partial charge in [-0.3, -0.25) is 4.90 Å². The minimum absolute atomic E-state index is 0.0346. The molecule has 0 atom stereocenters. The van der Waals surface area contributed by atoms with Crippen molar-refractivity contribution in [3.05, 3.63) is 88.6 Å². The number of para-hydroxylation sites is 1. The second kappa shape index (κ2) is 10.3. The summed E-state index contributed by atoms with van der Waals surface area (Å²) in [5, 5.41) is 9.36. The zero-order chi connectivity index (χ0) is 27.8. The highest BCUT2D eigenvalue weighted by atomic mass is 19.1. The van der Waals surface area contributed by atoms with Gasteiger partial charge in [0, 0.05) is 54.6 Å². The first-order chi connectivity index (χ1) is 18.7. The molecule has 3 aromatic carbocycles. The summed E-state index contributed by atoms with van der Waals surface area (Å²) in [6.45, 7) is 5.10. The van der Waals surface area contributed by atoms with Crippen LogP contribution in [0.4, 0.5) is 25.0 Å². The van der Waals surface area contributed by atoms with E-state index in [9.17, 15) is 14.7 Å². The molecular formula is C30H27F2N3O4. The molecule has 0 aliphatic carbocycles. The molecule has 7 nitrogen and oxygen atoms in total. The molecule has 2 heterocycles. The smallest absolute Gasteiger partial charge is 0.407 e. The second-order valence-corrected chi connectivity index (χ2v) is 9.54. The molecule has 1 amide bonds. The summed E-state index contributed by atoms with van der Waals surface area (Å²) in [5.41, 5.74) is 4.42. The summed E-state index contributed by atoms with van der Waals surface area (Å²) < 4.78 is 36.0. The minimum Gasteiger partial charge on any atom is -0.497 e. The first-order valence-corrected chi connectivity index (χ1v) is 12.5. The molecule has 1 saturated heterocycles. The van der Waals surface area contributed by atoms with Gasteiger partial charge in [0.05, 0.1) is 18.5 Å². The number of fused-ring (bicyclic) bond motifs is 1. The lowest BCUT2D eigenvalue weighted by Crippen LogP contribution is -2.47. The molecule has 3 aromatic rings. The second-order valence-electron chi connectivity index (χ2n) is 9.54. The summed E-state index contributed by atoms with van der Waals surface area (Å²) in [6.07, 6.45) is 0.657. The third-order valence-electron chi connectivity index (χ3n) is 7.24. The number of ether oxygens (including phenoxy) is 1. The van der Waals surface area contributed by atoms with E-state index in [1.165, 1.54) is 30.2 Å². The highest BCUT2D eigenvalue weighted by Gasteiger charge is 2.33. The Morgan fingerprint density at radius 3 is 2.18 bits per heavy atom. The number of rotatable bonds is 4. The van der Waals surface area contributed by atoms with Crippen LogP contribution in [0.3, 0.4) is 0 Å². The first kappa shape index (κ1) is 26.0. The highest BCUT2D eigenvalue weighted by molar-refractivity contribution is 5.95. The zero-order valence-electron chi connectivity index (χ0n) is 21.8. The Labute approximate surface area is 224 Å². The molecule has 0 aromatic heterocycles. The third-order valence-corrected chi connectivity index (χ3v) is 7.24. The van der Waals surface area contributed by atoms with E-state index in [2.05, 4.69) is 0 Å². The average Bonchev–Trinajstić information content (AvgIpc) is 2.92. The van der Waals surface area contributed by atoms with Crippen LogP contribution in [-0.4, -0.2) is 60.2 Å². The molecular weight excluding hydrogens is 504 g/mol.